The quantitative estimate of drug-likeness (QED) is 0.715. The van der Waals surface area contributed by atoms with Gasteiger partial charge in [0.25, 0.3) is 5.91 Å². The minimum absolute atomic E-state index is 0.128. The number of hydrogen-bond acceptors (Lipinski definition) is 4. The first-order valence-electron chi connectivity index (χ1n) is 5.93. The van der Waals surface area contributed by atoms with E-state index in [-0.39, 0.29) is 5.76 Å². The molecule has 0 bridgehead atoms. The molecule has 2 aromatic rings. The molecule has 0 unspecified atom stereocenters. The van der Waals surface area contributed by atoms with E-state index in [0.29, 0.717) is 11.6 Å². The number of aromatic amines is 1. The van der Waals surface area contributed by atoms with Crippen LogP contribution in [0.2, 0.25) is 0 Å². The molecule has 0 radical (unpaired) electrons. The molecule has 1 saturated carbocycles. The number of imidazole rings is 1. The van der Waals surface area contributed by atoms with E-state index in [1.807, 2.05) is 0 Å². The fourth-order valence-electron chi connectivity index (χ4n) is 1.67. The highest BCUT2D eigenvalue weighted by Crippen LogP contribution is 2.37. The van der Waals surface area contributed by atoms with Crippen LogP contribution in [0.25, 0.3) is 0 Å². The zero-order valence-electron chi connectivity index (χ0n) is 9.97. The Hall–Kier alpha value is -2.57. The highest BCUT2D eigenvalue weighted by molar-refractivity contribution is 5.96. The molecule has 0 saturated heterocycles. The largest absolute Gasteiger partial charge is 0.459 e. The Morgan fingerprint density at radius 1 is 1.32 bits per heavy atom. The maximum Gasteiger partial charge on any atom is 0.305 e. The molecule has 2 aromatic heterocycles. The molecule has 3 N–H and O–H groups in total. The lowest BCUT2D eigenvalue weighted by Gasteiger charge is -2.03. The van der Waals surface area contributed by atoms with Crippen molar-refractivity contribution in [3.05, 3.63) is 41.9 Å². The van der Waals surface area contributed by atoms with Gasteiger partial charge in [-0.05, 0) is 25.0 Å². The molecule has 98 valence electrons. The molecule has 1 aliphatic rings. The molecule has 1 fully saturated rings. The second kappa shape index (κ2) is 4.60. The number of nitrogens with one attached hydrogen (secondary N) is 3. The van der Waals surface area contributed by atoms with Crippen molar-refractivity contribution >= 4 is 11.8 Å². The lowest BCUT2D eigenvalue weighted by atomic mass is 10.4. The Balaban J connectivity index is 1.57. The Morgan fingerprint density at radius 2 is 2.11 bits per heavy atom. The average Bonchev–Trinajstić information content (AvgIpc) is 2.96. The molecule has 19 heavy (non-hydrogen) atoms. The number of nitrogens with zero attached hydrogens (tertiary/aromatic N) is 1. The van der Waals surface area contributed by atoms with Crippen LogP contribution in [0.3, 0.4) is 0 Å². The standard InChI is InChI=1S/C12H12N4O3/c17-11(8-6-13-10(14-8)7-3-4-7)15-16-12(18)9-2-1-5-19-9/h1-2,5-7H,3-4H2,(H,13,14)(H,15,17)(H,16,18). The van der Waals surface area contributed by atoms with Gasteiger partial charge in [0.1, 0.15) is 11.5 Å². The van der Waals surface area contributed by atoms with Gasteiger partial charge < -0.3 is 9.40 Å². The van der Waals surface area contributed by atoms with Crippen LogP contribution in [0.5, 0.6) is 0 Å². The molecule has 0 aliphatic heterocycles. The smallest absolute Gasteiger partial charge is 0.305 e. The van der Waals surface area contributed by atoms with E-state index in [4.69, 9.17) is 4.42 Å². The van der Waals surface area contributed by atoms with E-state index in [1.54, 1.807) is 6.07 Å². The summed E-state index contributed by atoms with van der Waals surface area (Å²) in [6, 6.07) is 3.09. The van der Waals surface area contributed by atoms with E-state index < -0.39 is 11.8 Å². The molecule has 7 heteroatoms. The van der Waals surface area contributed by atoms with Crippen molar-refractivity contribution in [3.63, 3.8) is 0 Å². The van der Waals surface area contributed by atoms with Crippen molar-refractivity contribution in [1.82, 2.24) is 20.8 Å². The molecule has 2 amide bonds. The third-order valence-corrected chi connectivity index (χ3v) is 2.84. The molecule has 0 aromatic carbocycles. The summed E-state index contributed by atoms with van der Waals surface area (Å²) in [7, 11) is 0. The van der Waals surface area contributed by atoms with Crippen molar-refractivity contribution in [2.24, 2.45) is 0 Å². The number of carbonyl (C=O) groups excluding carboxylic acids is 2. The van der Waals surface area contributed by atoms with Crippen LogP contribution in [0.4, 0.5) is 0 Å². The molecule has 0 spiro atoms. The van der Waals surface area contributed by atoms with E-state index in [0.717, 1.165) is 18.7 Å². The number of H-pyrrole nitrogens is 1. The van der Waals surface area contributed by atoms with Gasteiger partial charge in [0.2, 0.25) is 0 Å². The van der Waals surface area contributed by atoms with Gasteiger partial charge in [0.05, 0.1) is 12.5 Å². The molecule has 0 atom stereocenters. The molecule has 3 rings (SSSR count). The predicted molar refractivity (Wildman–Crippen MR) is 64.2 cm³/mol. The summed E-state index contributed by atoms with van der Waals surface area (Å²) in [6.45, 7) is 0. The number of hydrazine groups is 1. The minimum Gasteiger partial charge on any atom is -0.459 e. The van der Waals surface area contributed by atoms with E-state index in [1.165, 1.54) is 18.5 Å². The van der Waals surface area contributed by atoms with Gasteiger partial charge in [-0.2, -0.15) is 0 Å². The van der Waals surface area contributed by atoms with Gasteiger partial charge in [-0.3, -0.25) is 20.4 Å². The molecular weight excluding hydrogens is 248 g/mol. The van der Waals surface area contributed by atoms with Crippen molar-refractivity contribution < 1.29 is 14.0 Å². The first-order valence-corrected chi connectivity index (χ1v) is 5.93. The lowest BCUT2D eigenvalue weighted by molar-refractivity contribution is 0.0828. The first-order chi connectivity index (χ1) is 9.24. The van der Waals surface area contributed by atoms with Gasteiger partial charge >= 0.3 is 5.91 Å². The second-order valence-electron chi connectivity index (χ2n) is 4.34. The maximum absolute atomic E-state index is 11.7. The minimum atomic E-state index is -0.514. The van der Waals surface area contributed by atoms with Crippen molar-refractivity contribution in [3.8, 4) is 0 Å². The Labute approximate surface area is 108 Å². The van der Waals surface area contributed by atoms with Gasteiger partial charge in [0.15, 0.2) is 5.76 Å². The number of hydrogen-bond donors (Lipinski definition) is 3. The van der Waals surface area contributed by atoms with Crippen LogP contribution >= 0.6 is 0 Å². The Bertz CT molecular complexity index is 598. The van der Waals surface area contributed by atoms with Crippen molar-refractivity contribution in [2.45, 2.75) is 18.8 Å². The summed E-state index contributed by atoms with van der Waals surface area (Å²) >= 11 is 0. The normalized spacial score (nSPS) is 14.1. The third-order valence-electron chi connectivity index (χ3n) is 2.84. The van der Waals surface area contributed by atoms with Gasteiger partial charge in [-0.15, -0.1) is 0 Å². The molecule has 1 aliphatic carbocycles. The summed E-state index contributed by atoms with van der Waals surface area (Å²) in [6.07, 6.45) is 5.04. The fourth-order valence-corrected chi connectivity index (χ4v) is 1.67. The molecule has 2 heterocycles. The summed E-state index contributed by atoms with van der Waals surface area (Å²) in [5.41, 5.74) is 4.87. The van der Waals surface area contributed by atoms with E-state index >= 15 is 0 Å². The third kappa shape index (κ3) is 2.49. The predicted octanol–water partition coefficient (Wildman–Crippen LogP) is 0.955. The monoisotopic (exact) mass is 260 g/mol. The summed E-state index contributed by atoms with van der Waals surface area (Å²) in [5, 5.41) is 0. The summed E-state index contributed by atoms with van der Waals surface area (Å²) < 4.78 is 4.89. The van der Waals surface area contributed by atoms with Gasteiger partial charge in [0, 0.05) is 5.92 Å². The zero-order chi connectivity index (χ0) is 13.2. The van der Waals surface area contributed by atoms with E-state index in [2.05, 4.69) is 20.8 Å². The average molecular weight is 260 g/mol. The van der Waals surface area contributed by atoms with Gasteiger partial charge in [-0.25, -0.2) is 4.98 Å². The number of aromatic nitrogens is 2. The Kier molecular flexibility index (Phi) is 2.79. The SMILES string of the molecule is O=C(NNC(=O)c1ccco1)c1cnc(C2CC2)[nH]1. The summed E-state index contributed by atoms with van der Waals surface area (Å²) in [4.78, 5) is 30.3. The van der Waals surface area contributed by atoms with E-state index in [9.17, 15) is 9.59 Å². The number of amides is 2. The number of furan rings is 1. The van der Waals surface area contributed by atoms with Gasteiger partial charge in [-0.1, -0.05) is 0 Å². The van der Waals surface area contributed by atoms with Crippen molar-refractivity contribution in [1.29, 1.82) is 0 Å². The topological polar surface area (TPSA) is 100 Å². The first kappa shape index (κ1) is 11.5. The lowest BCUT2D eigenvalue weighted by Crippen LogP contribution is -2.41. The van der Waals surface area contributed by atoms with Crippen LogP contribution < -0.4 is 10.9 Å². The van der Waals surface area contributed by atoms with Crippen LogP contribution in [-0.2, 0) is 0 Å². The van der Waals surface area contributed by atoms with Crippen LogP contribution in [0.15, 0.2) is 29.0 Å². The second-order valence-corrected chi connectivity index (χ2v) is 4.34. The molecule has 7 nitrogen and oxygen atoms in total. The highest BCUT2D eigenvalue weighted by Gasteiger charge is 2.27. The Morgan fingerprint density at radius 3 is 2.79 bits per heavy atom. The van der Waals surface area contributed by atoms with Crippen molar-refractivity contribution in [2.75, 3.05) is 0 Å². The zero-order valence-corrected chi connectivity index (χ0v) is 9.97. The maximum atomic E-state index is 11.7. The highest BCUT2D eigenvalue weighted by atomic mass is 16.3. The summed E-state index contributed by atoms with van der Waals surface area (Å²) in [5.74, 6) is 0.435. The van der Waals surface area contributed by atoms with Crippen LogP contribution in [-0.4, -0.2) is 21.8 Å². The number of carbonyl (C=O) groups is 2. The fraction of sp³-hybridized carbons (Fsp3) is 0.250. The van der Waals surface area contributed by atoms with Crippen LogP contribution in [0, 0.1) is 0 Å². The van der Waals surface area contributed by atoms with Crippen LogP contribution in [0.1, 0.15) is 45.6 Å². The molecular formula is C12H12N4O3. The number of rotatable bonds is 3.